The molecule has 0 heterocycles. The summed E-state index contributed by atoms with van der Waals surface area (Å²) < 4.78 is 5.05. The zero-order valence-electron chi connectivity index (χ0n) is 18.5. The second-order valence-electron chi connectivity index (χ2n) is 9.25. The first-order chi connectivity index (χ1) is 13.6. The SMILES string of the molecule is CC(C)(CCCCc1ccc(CCCCCCC(C)(C)C(=O)O)cc1O)OC=O. The van der Waals surface area contributed by atoms with Crippen LogP contribution in [0.2, 0.25) is 0 Å². The number of hydrogen-bond donors (Lipinski definition) is 2. The second kappa shape index (κ2) is 11.8. The second-order valence-corrected chi connectivity index (χ2v) is 9.25. The quantitative estimate of drug-likeness (QED) is 0.290. The minimum atomic E-state index is -0.730. The van der Waals surface area contributed by atoms with Gasteiger partial charge in [-0.05, 0) is 89.8 Å². The Balaban J connectivity index is 2.29. The summed E-state index contributed by atoms with van der Waals surface area (Å²) in [4.78, 5) is 21.6. The maximum absolute atomic E-state index is 11.1. The molecule has 5 nitrogen and oxygen atoms in total. The molecule has 2 N–H and O–H groups in total. The Hall–Kier alpha value is -2.04. The Morgan fingerprint density at radius 2 is 1.59 bits per heavy atom. The molecule has 1 aromatic rings. The highest BCUT2D eigenvalue weighted by molar-refractivity contribution is 5.73. The number of ether oxygens (including phenoxy) is 1. The van der Waals surface area contributed by atoms with Gasteiger partial charge < -0.3 is 14.9 Å². The van der Waals surface area contributed by atoms with Gasteiger partial charge in [-0.2, -0.15) is 0 Å². The number of phenols is 1. The Kier molecular flexibility index (Phi) is 10.2. The molecule has 164 valence electrons. The van der Waals surface area contributed by atoms with Gasteiger partial charge in [-0.1, -0.05) is 31.4 Å². The third-order valence-electron chi connectivity index (χ3n) is 5.59. The van der Waals surface area contributed by atoms with Gasteiger partial charge in [0.25, 0.3) is 6.47 Å². The number of benzene rings is 1. The van der Waals surface area contributed by atoms with Crippen LogP contribution in [0.3, 0.4) is 0 Å². The van der Waals surface area contributed by atoms with E-state index in [2.05, 4.69) is 6.07 Å². The van der Waals surface area contributed by atoms with E-state index >= 15 is 0 Å². The zero-order valence-corrected chi connectivity index (χ0v) is 18.5. The van der Waals surface area contributed by atoms with E-state index in [0.29, 0.717) is 18.6 Å². The van der Waals surface area contributed by atoms with Crippen LogP contribution < -0.4 is 0 Å². The number of rotatable bonds is 15. The standard InChI is InChI=1S/C24H38O5/c1-23(2,22(27)28)15-9-6-5-7-11-19-13-14-20(21(26)17-19)12-8-10-16-24(3,4)29-18-25/h13-14,17-18,26H,5-12,15-16H2,1-4H3,(H,27,28). The normalized spacial score (nSPS) is 12.0. The van der Waals surface area contributed by atoms with Gasteiger partial charge in [-0.25, -0.2) is 0 Å². The molecule has 0 aliphatic carbocycles. The molecule has 0 aliphatic rings. The van der Waals surface area contributed by atoms with E-state index < -0.39 is 17.0 Å². The Bertz CT molecular complexity index is 649. The number of hydrogen-bond acceptors (Lipinski definition) is 4. The van der Waals surface area contributed by atoms with Crippen molar-refractivity contribution in [3.63, 3.8) is 0 Å². The minimum Gasteiger partial charge on any atom is -0.508 e. The molecule has 0 unspecified atom stereocenters. The van der Waals surface area contributed by atoms with Gasteiger partial charge >= 0.3 is 5.97 Å². The first-order valence-electron chi connectivity index (χ1n) is 10.7. The van der Waals surface area contributed by atoms with E-state index in [1.54, 1.807) is 13.8 Å². The number of carbonyl (C=O) groups excluding carboxylic acids is 1. The molecule has 0 saturated heterocycles. The lowest BCUT2D eigenvalue weighted by molar-refractivity contribution is -0.147. The first kappa shape index (κ1) is 25.0. The van der Waals surface area contributed by atoms with Crippen LogP contribution in [0, 0.1) is 5.41 Å². The van der Waals surface area contributed by atoms with Crippen LogP contribution in [0.15, 0.2) is 18.2 Å². The fourth-order valence-electron chi connectivity index (χ4n) is 3.39. The first-order valence-corrected chi connectivity index (χ1v) is 10.7. The average molecular weight is 407 g/mol. The largest absolute Gasteiger partial charge is 0.508 e. The van der Waals surface area contributed by atoms with Crippen LogP contribution >= 0.6 is 0 Å². The summed E-state index contributed by atoms with van der Waals surface area (Å²) in [5.74, 6) is -0.375. The Labute approximate surface area is 175 Å². The highest BCUT2D eigenvalue weighted by Gasteiger charge is 2.25. The molecule has 0 bridgehead atoms. The molecule has 5 heteroatoms. The van der Waals surface area contributed by atoms with Crippen LogP contribution in [-0.2, 0) is 27.2 Å². The van der Waals surface area contributed by atoms with Crippen molar-refractivity contribution < 1.29 is 24.5 Å². The van der Waals surface area contributed by atoms with E-state index in [1.165, 1.54) is 0 Å². The van der Waals surface area contributed by atoms with E-state index in [0.717, 1.165) is 68.9 Å². The van der Waals surface area contributed by atoms with Gasteiger partial charge in [0.2, 0.25) is 0 Å². The van der Waals surface area contributed by atoms with Crippen molar-refractivity contribution in [2.75, 3.05) is 0 Å². The van der Waals surface area contributed by atoms with Gasteiger partial charge in [0.1, 0.15) is 11.4 Å². The zero-order chi connectivity index (χ0) is 21.9. The monoisotopic (exact) mass is 406 g/mol. The molecule has 0 atom stereocenters. The van der Waals surface area contributed by atoms with Gasteiger partial charge in [0, 0.05) is 0 Å². The van der Waals surface area contributed by atoms with Crippen molar-refractivity contribution in [3.05, 3.63) is 29.3 Å². The molecule has 0 radical (unpaired) electrons. The van der Waals surface area contributed by atoms with E-state index in [-0.39, 0.29) is 0 Å². The van der Waals surface area contributed by atoms with Crippen molar-refractivity contribution in [2.45, 2.75) is 97.5 Å². The lowest BCUT2D eigenvalue weighted by atomic mass is 9.87. The highest BCUT2D eigenvalue weighted by Crippen LogP contribution is 2.26. The maximum atomic E-state index is 11.1. The summed E-state index contributed by atoms with van der Waals surface area (Å²) in [6, 6.07) is 5.96. The van der Waals surface area contributed by atoms with E-state index in [4.69, 9.17) is 9.84 Å². The average Bonchev–Trinajstić information content (AvgIpc) is 2.62. The van der Waals surface area contributed by atoms with Crippen LogP contribution in [0.1, 0.15) is 90.2 Å². The molecule has 0 saturated carbocycles. The molecule has 0 spiro atoms. The number of carboxylic acids is 1. The fraction of sp³-hybridized carbons (Fsp3) is 0.667. The molecular weight excluding hydrogens is 368 g/mol. The number of carbonyl (C=O) groups is 2. The molecule has 0 aromatic heterocycles. The van der Waals surface area contributed by atoms with E-state index in [9.17, 15) is 14.7 Å². The predicted molar refractivity (Wildman–Crippen MR) is 115 cm³/mol. The van der Waals surface area contributed by atoms with Gasteiger partial charge in [0.15, 0.2) is 0 Å². The predicted octanol–water partition coefficient (Wildman–Crippen LogP) is 5.66. The number of unbranched alkanes of at least 4 members (excludes halogenated alkanes) is 4. The maximum Gasteiger partial charge on any atom is 0.309 e. The van der Waals surface area contributed by atoms with Gasteiger partial charge in [0.05, 0.1) is 5.41 Å². The van der Waals surface area contributed by atoms with Crippen molar-refractivity contribution >= 4 is 12.4 Å². The Morgan fingerprint density at radius 1 is 0.966 bits per heavy atom. The minimum absolute atomic E-state index is 0.356. The molecular formula is C24H38O5. The fourth-order valence-corrected chi connectivity index (χ4v) is 3.39. The number of phenolic OH excluding ortho intramolecular Hbond substituents is 1. The summed E-state index contributed by atoms with van der Waals surface area (Å²) in [6.07, 6.45) is 9.17. The summed E-state index contributed by atoms with van der Waals surface area (Å²) in [6.45, 7) is 7.86. The number of aromatic hydroxyl groups is 1. The molecule has 29 heavy (non-hydrogen) atoms. The smallest absolute Gasteiger partial charge is 0.309 e. The van der Waals surface area contributed by atoms with Crippen molar-refractivity contribution in [1.82, 2.24) is 0 Å². The van der Waals surface area contributed by atoms with E-state index in [1.807, 2.05) is 26.0 Å². The molecule has 0 fully saturated rings. The summed E-state index contributed by atoms with van der Waals surface area (Å²) in [5.41, 5.74) is 1.02. The van der Waals surface area contributed by atoms with Crippen LogP contribution in [0.4, 0.5) is 0 Å². The van der Waals surface area contributed by atoms with Crippen LogP contribution in [0.5, 0.6) is 5.75 Å². The molecule has 0 aliphatic heterocycles. The molecule has 0 amide bonds. The van der Waals surface area contributed by atoms with Gasteiger partial charge in [-0.3, -0.25) is 9.59 Å². The summed E-state index contributed by atoms with van der Waals surface area (Å²) in [7, 11) is 0. The van der Waals surface area contributed by atoms with Crippen molar-refractivity contribution in [2.24, 2.45) is 5.41 Å². The molecule has 1 rings (SSSR count). The third-order valence-corrected chi connectivity index (χ3v) is 5.59. The highest BCUT2D eigenvalue weighted by atomic mass is 16.5. The lowest BCUT2D eigenvalue weighted by Crippen LogP contribution is -2.23. The number of carboxylic acid groups (broad SMARTS) is 1. The molecule has 1 aromatic carbocycles. The third kappa shape index (κ3) is 9.82. The Morgan fingerprint density at radius 3 is 2.21 bits per heavy atom. The van der Waals surface area contributed by atoms with Gasteiger partial charge in [-0.15, -0.1) is 0 Å². The van der Waals surface area contributed by atoms with Crippen LogP contribution in [-0.4, -0.2) is 28.3 Å². The topological polar surface area (TPSA) is 83.8 Å². The van der Waals surface area contributed by atoms with Crippen molar-refractivity contribution in [1.29, 1.82) is 0 Å². The summed E-state index contributed by atoms with van der Waals surface area (Å²) >= 11 is 0. The number of aliphatic carboxylic acids is 1. The van der Waals surface area contributed by atoms with Crippen LogP contribution in [0.25, 0.3) is 0 Å². The number of aryl methyl sites for hydroxylation is 2. The van der Waals surface area contributed by atoms with Crippen molar-refractivity contribution in [3.8, 4) is 5.75 Å². The lowest BCUT2D eigenvalue weighted by Gasteiger charge is -2.22. The summed E-state index contributed by atoms with van der Waals surface area (Å²) in [5, 5.41) is 19.4.